The van der Waals surface area contributed by atoms with Gasteiger partial charge in [-0.1, -0.05) is 18.2 Å². The highest BCUT2D eigenvalue weighted by Crippen LogP contribution is 2.22. The Labute approximate surface area is 177 Å². The molecule has 1 heterocycles. The van der Waals surface area contributed by atoms with E-state index in [4.69, 9.17) is 4.74 Å². The molecular formula is C20H28N3O6P. The third kappa shape index (κ3) is 5.69. The molecule has 1 saturated heterocycles. The zero-order valence-corrected chi connectivity index (χ0v) is 18.9. The summed E-state index contributed by atoms with van der Waals surface area (Å²) in [7, 11) is 2.10. The Balaban J connectivity index is 2.15. The van der Waals surface area contributed by atoms with Gasteiger partial charge >= 0.3 is 18.1 Å². The normalized spacial score (nSPS) is 17.7. The number of nitrogens with zero attached hydrogens (tertiary/aromatic N) is 2. The third-order valence-corrected chi connectivity index (χ3v) is 5.04. The second-order valence-corrected chi connectivity index (χ2v) is 8.93. The number of benzene rings is 1. The van der Waals surface area contributed by atoms with Crippen molar-refractivity contribution in [3.8, 4) is 0 Å². The third-order valence-electron chi connectivity index (χ3n) is 4.59. The molecule has 2 N–H and O–H groups in total. The van der Waals surface area contributed by atoms with Gasteiger partial charge in [0.25, 0.3) is 5.91 Å². The number of carboxylic acid groups (broad SMARTS) is 1. The summed E-state index contributed by atoms with van der Waals surface area (Å²) >= 11 is 0. The molecule has 1 aromatic rings. The summed E-state index contributed by atoms with van der Waals surface area (Å²) in [4.78, 5) is 51.3. The van der Waals surface area contributed by atoms with Crippen molar-refractivity contribution < 1.29 is 29.0 Å². The number of hydrogen-bond donors (Lipinski definition) is 2. The molecule has 1 fully saturated rings. The first-order valence-corrected chi connectivity index (χ1v) is 10.1. The maximum absolute atomic E-state index is 12.9. The summed E-state index contributed by atoms with van der Waals surface area (Å²) < 4.78 is 5.10. The minimum absolute atomic E-state index is 0.142. The average Bonchev–Trinajstić information content (AvgIpc) is 2.92. The van der Waals surface area contributed by atoms with Crippen LogP contribution >= 0.6 is 9.24 Å². The van der Waals surface area contributed by atoms with E-state index in [0.717, 1.165) is 16.7 Å². The monoisotopic (exact) mass is 437 g/mol. The molecule has 0 bridgehead atoms. The highest BCUT2D eigenvalue weighted by molar-refractivity contribution is 7.19. The number of aryl methyl sites for hydroxylation is 2. The van der Waals surface area contributed by atoms with Crippen LogP contribution in [0, 0.1) is 13.8 Å². The van der Waals surface area contributed by atoms with E-state index in [1.807, 2.05) is 32.0 Å². The molecule has 0 radical (unpaired) electrons. The summed E-state index contributed by atoms with van der Waals surface area (Å²) in [5, 5.41) is 11.9. The first-order chi connectivity index (χ1) is 13.8. The molecule has 2 rings (SSSR count). The lowest BCUT2D eigenvalue weighted by atomic mass is 10.1. The molecule has 3 unspecified atom stereocenters. The van der Waals surface area contributed by atoms with E-state index in [2.05, 4.69) is 14.6 Å². The summed E-state index contributed by atoms with van der Waals surface area (Å²) in [5.74, 6) is -3.35. The van der Waals surface area contributed by atoms with Gasteiger partial charge in [-0.15, -0.1) is 9.24 Å². The lowest BCUT2D eigenvalue weighted by Gasteiger charge is -2.25. The smallest absolute Gasteiger partial charge is 0.408 e. The number of nitrogens with one attached hydrogen (secondary N) is 1. The summed E-state index contributed by atoms with van der Waals surface area (Å²) in [6.07, 6.45) is -0.846. The van der Waals surface area contributed by atoms with E-state index < -0.39 is 41.4 Å². The lowest BCUT2D eigenvalue weighted by Crippen LogP contribution is -2.52. The van der Waals surface area contributed by atoms with E-state index in [9.17, 15) is 24.3 Å². The van der Waals surface area contributed by atoms with Gasteiger partial charge in [0.1, 0.15) is 11.4 Å². The molecule has 0 spiro atoms. The molecule has 1 aliphatic heterocycles. The van der Waals surface area contributed by atoms with Crippen LogP contribution in [0.2, 0.25) is 0 Å². The van der Waals surface area contributed by atoms with Gasteiger partial charge < -0.3 is 20.1 Å². The van der Waals surface area contributed by atoms with E-state index >= 15 is 0 Å². The fourth-order valence-electron chi connectivity index (χ4n) is 2.99. The van der Waals surface area contributed by atoms with Crippen LogP contribution in [0.5, 0.6) is 0 Å². The molecule has 3 atom stereocenters. The number of hydrogen-bond acceptors (Lipinski definition) is 5. The van der Waals surface area contributed by atoms with Gasteiger partial charge in [-0.2, -0.15) is 0 Å². The van der Waals surface area contributed by atoms with Crippen LogP contribution in [0.4, 0.5) is 9.59 Å². The largest absolute Gasteiger partial charge is 0.480 e. The number of aliphatic carboxylic acids is 1. The fourth-order valence-corrected chi connectivity index (χ4v) is 3.29. The van der Waals surface area contributed by atoms with E-state index in [0.29, 0.717) is 4.90 Å². The van der Waals surface area contributed by atoms with Crippen LogP contribution in [0.3, 0.4) is 0 Å². The number of urea groups is 1. The predicted octanol–water partition coefficient (Wildman–Crippen LogP) is 2.25. The number of carbonyl (C=O) groups is 4. The number of rotatable bonds is 5. The number of amides is 4. The molecule has 1 aliphatic rings. The van der Waals surface area contributed by atoms with Gasteiger partial charge in [-0.05, 0) is 51.3 Å². The summed E-state index contributed by atoms with van der Waals surface area (Å²) in [5.41, 5.74) is 2.21. The zero-order chi connectivity index (χ0) is 22.8. The Hall–Kier alpha value is -2.67. The van der Waals surface area contributed by atoms with Crippen LogP contribution in [-0.2, 0) is 20.9 Å². The highest BCUT2D eigenvalue weighted by Gasteiger charge is 2.46. The second kappa shape index (κ2) is 9.00. The van der Waals surface area contributed by atoms with Crippen molar-refractivity contribution in [3.05, 3.63) is 34.9 Å². The molecule has 164 valence electrons. The molecule has 0 saturated carbocycles. The van der Waals surface area contributed by atoms with Gasteiger partial charge in [-0.25, -0.2) is 19.3 Å². The Morgan fingerprint density at radius 3 is 2.43 bits per heavy atom. The Morgan fingerprint density at radius 1 is 1.27 bits per heavy atom. The second-order valence-electron chi connectivity index (χ2n) is 8.27. The van der Waals surface area contributed by atoms with Crippen molar-refractivity contribution in [1.82, 2.24) is 15.1 Å². The van der Waals surface area contributed by atoms with Gasteiger partial charge in [0, 0.05) is 6.54 Å². The quantitative estimate of drug-likeness (QED) is 0.683. The Kier molecular flexibility index (Phi) is 7.08. The van der Waals surface area contributed by atoms with Crippen LogP contribution in [0.15, 0.2) is 18.2 Å². The van der Waals surface area contributed by atoms with E-state index in [1.54, 1.807) is 20.8 Å². The van der Waals surface area contributed by atoms with Gasteiger partial charge in [0.2, 0.25) is 0 Å². The topological polar surface area (TPSA) is 116 Å². The molecule has 0 aromatic heterocycles. The first-order valence-electron chi connectivity index (χ1n) is 9.46. The number of alkyl carbamates (subject to hydrolysis) is 1. The van der Waals surface area contributed by atoms with Crippen molar-refractivity contribution >= 4 is 33.2 Å². The average molecular weight is 437 g/mol. The Bertz CT molecular complexity index is 867. The van der Waals surface area contributed by atoms with Crippen LogP contribution in [-0.4, -0.2) is 62.9 Å². The number of ether oxygens (including phenoxy) is 1. The lowest BCUT2D eigenvalue weighted by molar-refractivity contribution is -0.146. The van der Waals surface area contributed by atoms with Crippen molar-refractivity contribution in [2.75, 3.05) is 6.54 Å². The first kappa shape index (κ1) is 23.6. The van der Waals surface area contributed by atoms with Crippen molar-refractivity contribution in [3.63, 3.8) is 0 Å². The molecule has 9 nitrogen and oxygen atoms in total. The van der Waals surface area contributed by atoms with Crippen molar-refractivity contribution in [2.24, 2.45) is 0 Å². The molecular weight excluding hydrogens is 409 g/mol. The van der Waals surface area contributed by atoms with E-state index in [1.165, 1.54) is 4.90 Å². The Morgan fingerprint density at radius 2 is 1.90 bits per heavy atom. The zero-order valence-electron chi connectivity index (χ0n) is 17.8. The maximum Gasteiger partial charge on any atom is 0.408 e. The van der Waals surface area contributed by atoms with Gasteiger partial charge in [-0.3, -0.25) is 4.79 Å². The molecule has 30 heavy (non-hydrogen) atoms. The van der Waals surface area contributed by atoms with Crippen molar-refractivity contribution in [2.45, 2.75) is 58.6 Å². The standard InChI is InChI=1S/C20H28N3O6P/c1-11-6-7-13(8-12(11)2)9-22-10-14(17(25)26)23(19(22)28)16(24)15(30)21-18(27)29-20(3,4)5/h6-8,14-15H,9-10,30H2,1-5H3,(H,21,27)(H,25,26). The van der Waals surface area contributed by atoms with Crippen LogP contribution < -0.4 is 5.32 Å². The van der Waals surface area contributed by atoms with Crippen LogP contribution in [0.1, 0.15) is 37.5 Å². The summed E-state index contributed by atoms with van der Waals surface area (Å²) in [6.45, 7) is 8.95. The minimum atomic E-state index is -1.35. The fraction of sp³-hybridized carbons (Fsp3) is 0.500. The van der Waals surface area contributed by atoms with Gasteiger partial charge in [0.05, 0.1) is 6.54 Å². The van der Waals surface area contributed by atoms with Crippen LogP contribution in [0.25, 0.3) is 0 Å². The molecule has 4 amide bonds. The number of carbonyl (C=O) groups excluding carboxylic acids is 3. The molecule has 0 aliphatic carbocycles. The number of carboxylic acids is 1. The number of imide groups is 1. The van der Waals surface area contributed by atoms with E-state index in [-0.39, 0.29) is 13.1 Å². The minimum Gasteiger partial charge on any atom is -0.480 e. The molecule has 1 aromatic carbocycles. The summed E-state index contributed by atoms with van der Waals surface area (Å²) in [6, 6.07) is 3.64. The predicted molar refractivity (Wildman–Crippen MR) is 113 cm³/mol. The highest BCUT2D eigenvalue weighted by atomic mass is 31.0. The SMILES string of the molecule is Cc1ccc(CN2CC(C(=O)O)N(C(=O)C(P)NC(=O)OC(C)(C)C)C2=O)cc1C. The van der Waals surface area contributed by atoms with Gasteiger partial charge in [0.15, 0.2) is 6.04 Å². The maximum atomic E-state index is 12.9. The molecule has 10 heteroatoms. The van der Waals surface area contributed by atoms with Crippen molar-refractivity contribution in [1.29, 1.82) is 0 Å².